The molecule has 1 aliphatic rings. The van der Waals surface area contributed by atoms with Crippen LogP contribution in [-0.4, -0.2) is 54.3 Å². The fourth-order valence-corrected chi connectivity index (χ4v) is 2.40. The first-order chi connectivity index (χ1) is 9.58. The standard InChI is InChI=1S/C15H21N3O2/c1-12(18-9-8-16-14(19)11-18)15(20)17(2)10-13-6-4-3-5-7-13/h3-7,12H,8-11H2,1-2H3,(H,16,19)/t12-/m0/s1. The number of nitrogens with one attached hydrogen (secondary N) is 1. The molecule has 1 atom stereocenters. The van der Waals surface area contributed by atoms with Crippen molar-refractivity contribution in [1.29, 1.82) is 0 Å². The van der Waals surface area contributed by atoms with E-state index in [-0.39, 0.29) is 17.9 Å². The highest BCUT2D eigenvalue weighted by atomic mass is 16.2. The van der Waals surface area contributed by atoms with Crippen LogP contribution in [0.15, 0.2) is 30.3 Å². The number of likely N-dealkylation sites (N-methyl/N-ethyl adjacent to an activating group) is 1. The first-order valence-electron chi connectivity index (χ1n) is 6.87. The Bertz CT molecular complexity index is 475. The van der Waals surface area contributed by atoms with Gasteiger partial charge in [-0.05, 0) is 12.5 Å². The van der Waals surface area contributed by atoms with Crippen molar-refractivity contribution >= 4 is 11.8 Å². The molecule has 0 bridgehead atoms. The molecule has 0 radical (unpaired) electrons. The van der Waals surface area contributed by atoms with E-state index < -0.39 is 0 Å². The maximum atomic E-state index is 12.4. The normalized spacial score (nSPS) is 17.4. The lowest BCUT2D eigenvalue weighted by molar-refractivity contribution is -0.137. The number of hydrogen-bond donors (Lipinski definition) is 1. The molecule has 1 N–H and O–H groups in total. The Morgan fingerprint density at radius 3 is 2.75 bits per heavy atom. The van der Waals surface area contributed by atoms with Gasteiger partial charge in [-0.1, -0.05) is 30.3 Å². The van der Waals surface area contributed by atoms with Crippen LogP contribution in [-0.2, 0) is 16.1 Å². The maximum absolute atomic E-state index is 12.4. The molecule has 0 unspecified atom stereocenters. The fraction of sp³-hybridized carbons (Fsp3) is 0.467. The van der Waals surface area contributed by atoms with E-state index >= 15 is 0 Å². The number of amides is 2. The number of carbonyl (C=O) groups excluding carboxylic acids is 2. The van der Waals surface area contributed by atoms with Gasteiger partial charge in [0, 0.05) is 26.7 Å². The number of benzene rings is 1. The molecule has 2 amide bonds. The average Bonchev–Trinajstić information content (AvgIpc) is 2.46. The minimum Gasteiger partial charge on any atom is -0.354 e. The summed E-state index contributed by atoms with van der Waals surface area (Å²) in [5.41, 5.74) is 1.10. The Hall–Kier alpha value is -1.88. The minimum absolute atomic E-state index is 0.0124. The summed E-state index contributed by atoms with van der Waals surface area (Å²) in [7, 11) is 1.80. The van der Waals surface area contributed by atoms with Crippen LogP contribution < -0.4 is 5.32 Å². The lowest BCUT2D eigenvalue weighted by Gasteiger charge is -2.33. The summed E-state index contributed by atoms with van der Waals surface area (Å²) in [6, 6.07) is 9.62. The fourth-order valence-electron chi connectivity index (χ4n) is 2.40. The summed E-state index contributed by atoms with van der Waals surface area (Å²) in [6.07, 6.45) is 0. The molecule has 5 nitrogen and oxygen atoms in total. The van der Waals surface area contributed by atoms with E-state index in [0.717, 1.165) is 12.1 Å². The summed E-state index contributed by atoms with van der Waals surface area (Å²) in [5, 5.41) is 2.77. The third-order valence-electron chi connectivity index (χ3n) is 3.61. The molecule has 1 aromatic carbocycles. The molecule has 0 spiro atoms. The van der Waals surface area contributed by atoms with E-state index in [1.54, 1.807) is 11.9 Å². The van der Waals surface area contributed by atoms with Crippen molar-refractivity contribution in [3.8, 4) is 0 Å². The highest BCUT2D eigenvalue weighted by Gasteiger charge is 2.27. The number of rotatable bonds is 4. The van der Waals surface area contributed by atoms with Gasteiger partial charge in [0.25, 0.3) is 0 Å². The molecule has 108 valence electrons. The first-order valence-corrected chi connectivity index (χ1v) is 6.87. The Morgan fingerprint density at radius 2 is 2.10 bits per heavy atom. The number of piperazine rings is 1. The molecule has 0 aromatic heterocycles. The zero-order valence-electron chi connectivity index (χ0n) is 12.0. The zero-order chi connectivity index (χ0) is 14.5. The summed E-state index contributed by atoms with van der Waals surface area (Å²) < 4.78 is 0. The van der Waals surface area contributed by atoms with Crippen LogP contribution in [0.2, 0.25) is 0 Å². The number of carbonyl (C=O) groups is 2. The molecule has 5 heteroatoms. The van der Waals surface area contributed by atoms with Crippen molar-refractivity contribution in [2.24, 2.45) is 0 Å². The van der Waals surface area contributed by atoms with Crippen molar-refractivity contribution in [1.82, 2.24) is 15.1 Å². The summed E-state index contributed by atoms with van der Waals surface area (Å²) >= 11 is 0. The first kappa shape index (κ1) is 14.5. The molecular weight excluding hydrogens is 254 g/mol. The predicted octanol–water partition coefficient (Wildman–Crippen LogP) is 0.465. The quantitative estimate of drug-likeness (QED) is 0.869. The molecule has 1 saturated heterocycles. The molecular formula is C15H21N3O2. The highest BCUT2D eigenvalue weighted by Crippen LogP contribution is 2.08. The van der Waals surface area contributed by atoms with Crippen LogP contribution in [0.5, 0.6) is 0 Å². The Balaban J connectivity index is 1.94. The Labute approximate surface area is 119 Å². The lowest BCUT2D eigenvalue weighted by Crippen LogP contribution is -2.55. The summed E-state index contributed by atoms with van der Waals surface area (Å²) in [5.74, 6) is 0.0326. The third kappa shape index (κ3) is 3.57. The second-order valence-corrected chi connectivity index (χ2v) is 5.18. The number of hydrogen-bond acceptors (Lipinski definition) is 3. The monoisotopic (exact) mass is 275 g/mol. The van der Waals surface area contributed by atoms with Gasteiger partial charge in [0.2, 0.25) is 11.8 Å². The van der Waals surface area contributed by atoms with Gasteiger partial charge < -0.3 is 10.2 Å². The Morgan fingerprint density at radius 1 is 1.40 bits per heavy atom. The molecule has 20 heavy (non-hydrogen) atoms. The molecule has 1 aliphatic heterocycles. The molecule has 1 heterocycles. The minimum atomic E-state index is -0.269. The lowest BCUT2D eigenvalue weighted by atomic mass is 10.2. The van der Waals surface area contributed by atoms with Crippen molar-refractivity contribution in [3.05, 3.63) is 35.9 Å². The van der Waals surface area contributed by atoms with Gasteiger partial charge in [-0.25, -0.2) is 0 Å². The smallest absolute Gasteiger partial charge is 0.239 e. The molecule has 0 aliphatic carbocycles. The van der Waals surface area contributed by atoms with Crippen molar-refractivity contribution in [3.63, 3.8) is 0 Å². The second-order valence-electron chi connectivity index (χ2n) is 5.18. The molecule has 1 aromatic rings. The van der Waals surface area contributed by atoms with E-state index in [9.17, 15) is 9.59 Å². The third-order valence-corrected chi connectivity index (χ3v) is 3.61. The predicted molar refractivity (Wildman–Crippen MR) is 77.0 cm³/mol. The zero-order valence-corrected chi connectivity index (χ0v) is 12.0. The molecule has 0 saturated carbocycles. The van der Waals surface area contributed by atoms with Crippen LogP contribution in [0.25, 0.3) is 0 Å². The van der Waals surface area contributed by atoms with Crippen LogP contribution in [0.4, 0.5) is 0 Å². The summed E-state index contributed by atoms with van der Waals surface area (Å²) in [6.45, 7) is 4.08. The van der Waals surface area contributed by atoms with Crippen molar-refractivity contribution in [2.45, 2.75) is 19.5 Å². The van der Waals surface area contributed by atoms with Gasteiger partial charge >= 0.3 is 0 Å². The van der Waals surface area contributed by atoms with E-state index in [1.165, 1.54) is 0 Å². The topological polar surface area (TPSA) is 52.7 Å². The van der Waals surface area contributed by atoms with Gasteiger partial charge in [0.05, 0.1) is 12.6 Å². The van der Waals surface area contributed by atoms with Crippen LogP contribution in [0.3, 0.4) is 0 Å². The van der Waals surface area contributed by atoms with Gasteiger partial charge in [-0.2, -0.15) is 0 Å². The van der Waals surface area contributed by atoms with E-state index in [0.29, 0.717) is 19.6 Å². The van der Waals surface area contributed by atoms with Crippen molar-refractivity contribution < 1.29 is 9.59 Å². The Kier molecular flexibility index (Phi) is 4.74. The average molecular weight is 275 g/mol. The van der Waals surface area contributed by atoms with Crippen LogP contribution >= 0.6 is 0 Å². The van der Waals surface area contributed by atoms with E-state index in [2.05, 4.69) is 5.32 Å². The van der Waals surface area contributed by atoms with Gasteiger partial charge in [-0.3, -0.25) is 14.5 Å². The summed E-state index contributed by atoms with van der Waals surface area (Å²) in [4.78, 5) is 27.4. The van der Waals surface area contributed by atoms with Gasteiger partial charge in [-0.15, -0.1) is 0 Å². The largest absolute Gasteiger partial charge is 0.354 e. The van der Waals surface area contributed by atoms with Gasteiger partial charge in [0.1, 0.15) is 0 Å². The van der Waals surface area contributed by atoms with Crippen molar-refractivity contribution in [2.75, 3.05) is 26.7 Å². The maximum Gasteiger partial charge on any atom is 0.239 e. The SMILES string of the molecule is C[C@@H](C(=O)N(C)Cc1ccccc1)N1CCNC(=O)C1. The van der Waals surface area contributed by atoms with E-state index in [1.807, 2.05) is 42.2 Å². The van der Waals surface area contributed by atoms with Crippen LogP contribution in [0.1, 0.15) is 12.5 Å². The molecule has 1 fully saturated rings. The van der Waals surface area contributed by atoms with Crippen LogP contribution in [0, 0.1) is 0 Å². The highest BCUT2D eigenvalue weighted by molar-refractivity contribution is 5.83. The molecule has 2 rings (SSSR count). The van der Waals surface area contributed by atoms with E-state index in [4.69, 9.17) is 0 Å². The second kappa shape index (κ2) is 6.52. The van der Waals surface area contributed by atoms with Gasteiger partial charge in [0.15, 0.2) is 0 Å². The number of nitrogens with zero attached hydrogens (tertiary/aromatic N) is 2.